The number of aromatic nitrogens is 1. The number of thiazole rings is 1. The molecule has 0 unspecified atom stereocenters. The molecule has 0 aliphatic rings. The lowest BCUT2D eigenvalue weighted by atomic mass is 10.6. The average Bonchev–Trinajstić information content (AvgIpc) is 2.26. The summed E-state index contributed by atoms with van der Waals surface area (Å²) in [7, 11) is 0. The summed E-state index contributed by atoms with van der Waals surface area (Å²) in [5, 5.41) is 1.25. The van der Waals surface area contributed by atoms with Gasteiger partial charge in [0.2, 0.25) is 0 Å². The van der Waals surface area contributed by atoms with Gasteiger partial charge in [0.05, 0.1) is 9.90 Å². The molecule has 0 bridgehead atoms. The zero-order chi connectivity index (χ0) is 9.14. The highest BCUT2D eigenvalue weighted by atomic mass is 35.5. The van der Waals surface area contributed by atoms with Gasteiger partial charge in [0.1, 0.15) is 0 Å². The van der Waals surface area contributed by atoms with Crippen molar-refractivity contribution in [1.29, 1.82) is 0 Å². The van der Waals surface area contributed by atoms with Gasteiger partial charge < -0.3 is 5.73 Å². The second kappa shape index (κ2) is 4.16. The zero-order valence-electron chi connectivity index (χ0n) is 6.63. The van der Waals surface area contributed by atoms with Gasteiger partial charge in [-0.05, 0) is 6.92 Å². The maximum Gasteiger partial charge on any atom is 0.181 e. The van der Waals surface area contributed by atoms with Crippen LogP contribution < -0.4 is 5.73 Å². The Bertz CT molecular complexity index is 296. The minimum Gasteiger partial charge on any atom is -0.375 e. The smallest absolute Gasteiger partial charge is 0.181 e. The van der Waals surface area contributed by atoms with Crippen LogP contribution in [0.3, 0.4) is 0 Å². The van der Waals surface area contributed by atoms with Crippen LogP contribution in [-0.4, -0.2) is 10.7 Å². The predicted molar refractivity (Wildman–Crippen MR) is 57.0 cm³/mol. The van der Waals surface area contributed by atoms with Crippen molar-refractivity contribution in [3.8, 4) is 0 Å². The van der Waals surface area contributed by atoms with Crippen LogP contribution in [0.15, 0.2) is 15.8 Å². The molecule has 2 nitrogen and oxygen atoms in total. The average molecular weight is 221 g/mol. The van der Waals surface area contributed by atoms with Crippen molar-refractivity contribution in [3.63, 3.8) is 0 Å². The van der Waals surface area contributed by atoms with Crippen LogP contribution in [0.5, 0.6) is 0 Å². The first kappa shape index (κ1) is 9.89. The second-order valence-electron chi connectivity index (χ2n) is 2.23. The van der Waals surface area contributed by atoms with Crippen LogP contribution >= 0.6 is 34.7 Å². The Kier molecular flexibility index (Phi) is 3.43. The number of aryl methyl sites for hydroxylation is 1. The van der Waals surface area contributed by atoms with Crippen molar-refractivity contribution < 1.29 is 0 Å². The molecule has 0 aliphatic carbocycles. The lowest BCUT2D eigenvalue weighted by molar-refractivity contribution is 1.21. The first-order valence-electron chi connectivity index (χ1n) is 3.28. The minimum atomic E-state index is 0.607. The monoisotopic (exact) mass is 220 g/mol. The van der Waals surface area contributed by atoms with Gasteiger partial charge in [-0.2, -0.15) is 0 Å². The minimum absolute atomic E-state index is 0.607. The van der Waals surface area contributed by atoms with Crippen molar-refractivity contribution in [2.75, 3.05) is 11.5 Å². The van der Waals surface area contributed by atoms with Gasteiger partial charge in [0.15, 0.2) is 5.13 Å². The fourth-order valence-electron chi connectivity index (χ4n) is 0.680. The van der Waals surface area contributed by atoms with E-state index in [0.717, 1.165) is 9.90 Å². The number of nitrogens with zero attached hydrogens (tertiary/aromatic N) is 1. The highest BCUT2D eigenvalue weighted by Crippen LogP contribution is 2.31. The molecule has 5 heteroatoms. The Morgan fingerprint density at radius 3 is 2.92 bits per heavy atom. The van der Waals surface area contributed by atoms with Crippen LogP contribution in [-0.2, 0) is 0 Å². The Labute approximate surface area is 84.8 Å². The SMILES string of the molecule is C=C(Cl)CSc1sc(N)nc1C. The van der Waals surface area contributed by atoms with Crippen LogP contribution in [0.2, 0.25) is 0 Å². The Hall–Kier alpha value is -0.190. The van der Waals surface area contributed by atoms with Crippen LogP contribution in [0.1, 0.15) is 5.69 Å². The van der Waals surface area contributed by atoms with E-state index in [4.69, 9.17) is 17.3 Å². The van der Waals surface area contributed by atoms with Gasteiger partial charge in [-0.25, -0.2) is 4.98 Å². The van der Waals surface area contributed by atoms with Crippen molar-refractivity contribution >= 4 is 39.8 Å². The summed E-state index contributed by atoms with van der Waals surface area (Å²) >= 11 is 8.73. The number of thioether (sulfide) groups is 1. The third kappa shape index (κ3) is 2.69. The molecule has 12 heavy (non-hydrogen) atoms. The van der Waals surface area contributed by atoms with E-state index in [1.807, 2.05) is 6.92 Å². The summed E-state index contributed by atoms with van der Waals surface area (Å²) in [5.74, 6) is 0.712. The topological polar surface area (TPSA) is 38.9 Å². The number of hydrogen-bond acceptors (Lipinski definition) is 4. The molecule has 0 saturated heterocycles. The molecule has 1 heterocycles. The van der Waals surface area contributed by atoms with Crippen molar-refractivity contribution in [2.24, 2.45) is 0 Å². The van der Waals surface area contributed by atoms with E-state index in [1.54, 1.807) is 11.8 Å². The number of hydrogen-bond donors (Lipinski definition) is 1. The quantitative estimate of drug-likeness (QED) is 0.797. The Morgan fingerprint density at radius 2 is 2.50 bits per heavy atom. The maximum atomic E-state index is 5.62. The summed E-state index contributed by atoms with van der Waals surface area (Å²) < 4.78 is 1.12. The van der Waals surface area contributed by atoms with E-state index in [-0.39, 0.29) is 0 Å². The molecule has 0 atom stereocenters. The summed E-state index contributed by atoms with van der Waals surface area (Å²) in [6.07, 6.45) is 0. The highest BCUT2D eigenvalue weighted by Gasteiger charge is 2.05. The van der Waals surface area contributed by atoms with Crippen molar-refractivity contribution in [2.45, 2.75) is 11.1 Å². The van der Waals surface area contributed by atoms with Crippen LogP contribution in [0, 0.1) is 6.92 Å². The largest absolute Gasteiger partial charge is 0.375 e. The number of nitrogen functional groups attached to an aromatic ring is 1. The zero-order valence-corrected chi connectivity index (χ0v) is 9.02. The molecule has 0 radical (unpaired) electrons. The first-order chi connectivity index (χ1) is 5.59. The third-order valence-corrected chi connectivity index (χ3v) is 3.86. The van der Waals surface area contributed by atoms with Crippen LogP contribution in [0.4, 0.5) is 5.13 Å². The molecule has 2 N–H and O–H groups in total. The fraction of sp³-hybridized carbons (Fsp3) is 0.286. The van der Waals surface area contributed by atoms with E-state index in [9.17, 15) is 0 Å². The number of anilines is 1. The van der Waals surface area contributed by atoms with Gasteiger partial charge in [0.25, 0.3) is 0 Å². The van der Waals surface area contributed by atoms with Gasteiger partial charge >= 0.3 is 0 Å². The van der Waals surface area contributed by atoms with E-state index in [0.29, 0.717) is 15.9 Å². The molecule has 66 valence electrons. The second-order valence-corrected chi connectivity index (χ2v) is 5.04. The fourth-order valence-corrected chi connectivity index (χ4v) is 2.62. The molecular formula is C7H9ClN2S2. The van der Waals surface area contributed by atoms with Crippen molar-refractivity contribution in [3.05, 3.63) is 17.3 Å². The summed E-state index contributed by atoms with van der Waals surface area (Å²) in [6.45, 7) is 5.54. The molecule has 1 rings (SSSR count). The van der Waals surface area contributed by atoms with Crippen LogP contribution in [0.25, 0.3) is 0 Å². The standard InChI is InChI=1S/C7H9ClN2S2/c1-4(8)3-11-6-5(2)10-7(9)12-6/h1,3H2,2H3,(H2,9,10). The Morgan fingerprint density at radius 1 is 1.83 bits per heavy atom. The molecule has 1 aromatic heterocycles. The highest BCUT2D eigenvalue weighted by molar-refractivity contribution is 8.01. The summed E-state index contributed by atoms with van der Waals surface area (Å²) in [4.78, 5) is 4.09. The number of nitrogens with two attached hydrogens (primary N) is 1. The molecule has 0 fully saturated rings. The molecule has 0 saturated carbocycles. The van der Waals surface area contributed by atoms with Gasteiger partial charge in [0, 0.05) is 10.8 Å². The van der Waals surface area contributed by atoms with Gasteiger partial charge in [-0.1, -0.05) is 29.5 Å². The lowest BCUT2D eigenvalue weighted by Gasteiger charge is -1.94. The lowest BCUT2D eigenvalue weighted by Crippen LogP contribution is -1.80. The normalized spacial score (nSPS) is 10.2. The summed E-state index contributed by atoms with van der Waals surface area (Å²) in [5.41, 5.74) is 6.50. The van der Waals surface area contributed by atoms with E-state index < -0.39 is 0 Å². The number of rotatable bonds is 3. The molecule has 1 aromatic rings. The van der Waals surface area contributed by atoms with E-state index in [1.165, 1.54) is 11.3 Å². The van der Waals surface area contributed by atoms with E-state index in [2.05, 4.69) is 11.6 Å². The third-order valence-electron chi connectivity index (χ3n) is 1.13. The molecule has 0 amide bonds. The molecular weight excluding hydrogens is 212 g/mol. The van der Waals surface area contributed by atoms with Gasteiger partial charge in [-0.3, -0.25) is 0 Å². The Balaban J connectivity index is 2.62. The maximum absolute atomic E-state index is 5.62. The summed E-state index contributed by atoms with van der Waals surface area (Å²) in [6, 6.07) is 0. The predicted octanol–water partition coefficient (Wildman–Crippen LogP) is 2.88. The molecule has 0 aromatic carbocycles. The molecule has 0 spiro atoms. The number of halogens is 1. The molecule has 0 aliphatic heterocycles. The van der Waals surface area contributed by atoms with Gasteiger partial charge in [-0.15, -0.1) is 11.8 Å². The van der Waals surface area contributed by atoms with E-state index >= 15 is 0 Å². The van der Waals surface area contributed by atoms with Crippen molar-refractivity contribution in [1.82, 2.24) is 4.98 Å². The first-order valence-corrected chi connectivity index (χ1v) is 5.46.